The van der Waals surface area contributed by atoms with E-state index in [2.05, 4.69) is 67.4 Å². The van der Waals surface area contributed by atoms with Gasteiger partial charge in [0.15, 0.2) is 5.82 Å². The molecule has 136 valence electrons. The van der Waals surface area contributed by atoms with Crippen LogP contribution in [0.25, 0.3) is 16.4 Å². The first kappa shape index (κ1) is 16.2. The fourth-order valence-electron chi connectivity index (χ4n) is 3.90. The summed E-state index contributed by atoms with van der Waals surface area (Å²) in [5, 5.41) is 10.9. The Morgan fingerprint density at radius 2 is 1.85 bits per heavy atom. The lowest BCUT2D eigenvalue weighted by Gasteiger charge is -2.23. The summed E-state index contributed by atoms with van der Waals surface area (Å²) in [6.45, 7) is 5.05. The Morgan fingerprint density at radius 3 is 2.81 bits per heavy atom. The van der Waals surface area contributed by atoms with Crippen molar-refractivity contribution >= 4 is 22.2 Å². The van der Waals surface area contributed by atoms with Crippen LogP contribution >= 0.6 is 0 Å². The molecule has 5 rings (SSSR count). The zero-order valence-electron chi connectivity index (χ0n) is 15.2. The van der Waals surface area contributed by atoms with Gasteiger partial charge in [0.2, 0.25) is 5.65 Å². The average Bonchev–Trinajstić information content (AvgIpc) is 3.08. The van der Waals surface area contributed by atoms with Crippen LogP contribution in [-0.4, -0.2) is 50.7 Å². The molecule has 6 nitrogen and oxygen atoms in total. The summed E-state index contributed by atoms with van der Waals surface area (Å²) in [6, 6.07) is 15.4. The molecule has 2 aromatic heterocycles. The zero-order chi connectivity index (χ0) is 18.1. The molecule has 4 aromatic rings. The number of aromatic nitrogens is 4. The number of nitrogens with zero attached hydrogens (tertiary/aromatic N) is 6. The second kappa shape index (κ2) is 6.96. The van der Waals surface area contributed by atoms with Crippen molar-refractivity contribution in [1.29, 1.82) is 0 Å². The molecule has 1 aliphatic rings. The van der Waals surface area contributed by atoms with Crippen molar-refractivity contribution in [3.63, 3.8) is 0 Å². The number of hydrogen-bond donors (Lipinski definition) is 0. The van der Waals surface area contributed by atoms with E-state index in [1.165, 1.54) is 16.3 Å². The first-order chi connectivity index (χ1) is 13.4. The van der Waals surface area contributed by atoms with E-state index in [1.54, 1.807) is 6.33 Å². The summed E-state index contributed by atoms with van der Waals surface area (Å²) in [4.78, 5) is 9.45. The standard InChI is InChI=1S/C21H22N6/c1-2-5-19-14-17(6-7-18(19)4-1)15-25-9-3-10-26(13-12-25)20-21-24-23-16-27(21)11-8-22-20/h1-2,4-8,11,14,16H,3,9-10,12-13,15H2. The number of fused-ring (bicyclic) bond motifs is 2. The van der Waals surface area contributed by atoms with Crippen LogP contribution in [0.2, 0.25) is 0 Å². The third-order valence-electron chi connectivity index (χ3n) is 5.31. The maximum absolute atomic E-state index is 4.57. The van der Waals surface area contributed by atoms with Crippen LogP contribution < -0.4 is 4.90 Å². The third-order valence-corrected chi connectivity index (χ3v) is 5.31. The van der Waals surface area contributed by atoms with Crippen LogP contribution in [-0.2, 0) is 6.54 Å². The van der Waals surface area contributed by atoms with Gasteiger partial charge in [0.25, 0.3) is 0 Å². The van der Waals surface area contributed by atoms with E-state index in [-0.39, 0.29) is 0 Å². The number of hydrogen-bond acceptors (Lipinski definition) is 5. The second-order valence-corrected chi connectivity index (χ2v) is 7.11. The lowest BCUT2D eigenvalue weighted by atomic mass is 10.1. The number of anilines is 1. The van der Waals surface area contributed by atoms with Crippen molar-refractivity contribution in [1.82, 2.24) is 24.5 Å². The summed E-state index contributed by atoms with van der Waals surface area (Å²) in [6.07, 6.45) is 6.56. The minimum atomic E-state index is 0.834. The number of rotatable bonds is 3. The quantitative estimate of drug-likeness (QED) is 0.563. The van der Waals surface area contributed by atoms with Crippen molar-refractivity contribution < 1.29 is 0 Å². The highest BCUT2D eigenvalue weighted by Gasteiger charge is 2.19. The first-order valence-corrected chi connectivity index (χ1v) is 9.46. The highest BCUT2D eigenvalue weighted by Crippen LogP contribution is 2.20. The SMILES string of the molecule is c1ccc2cc(CN3CCCN(c4nccn5cnnc45)CC3)ccc2c1. The fourth-order valence-corrected chi connectivity index (χ4v) is 3.90. The summed E-state index contributed by atoms with van der Waals surface area (Å²) in [7, 11) is 0. The molecule has 0 bridgehead atoms. The smallest absolute Gasteiger partial charge is 0.203 e. The largest absolute Gasteiger partial charge is 0.352 e. The molecule has 3 heterocycles. The maximum Gasteiger partial charge on any atom is 0.203 e. The molecule has 0 atom stereocenters. The second-order valence-electron chi connectivity index (χ2n) is 7.11. The summed E-state index contributed by atoms with van der Waals surface area (Å²) in [5.41, 5.74) is 2.21. The highest BCUT2D eigenvalue weighted by molar-refractivity contribution is 5.82. The molecule has 1 fully saturated rings. The van der Waals surface area contributed by atoms with Crippen LogP contribution in [0.5, 0.6) is 0 Å². The van der Waals surface area contributed by atoms with Gasteiger partial charge in [-0.2, -0.15) is 0 Å². The minimum Gasteiger partial charge on any atom is -0.352 e. The molecular formula is C21H22N6. The van der Waals surface area contributed by atoms with Gasteiger partial charge in [-0.1, -0.05) is 36.4 Å². The van der Waals surface area contributed by atoms with Gasteiger partial charge >= 0.3 is 0 Å². The minimum absolute atomic E-state index is 0.834. The molecule has 0 aliphatic carbocycles. The normalized spacial score (nSPS) is 16.1. The first-order valence-electron chi connectivity index (χ1n) is 9.46. The van der Waals surface area contributed by atoms with Crippen LogP contribution in [0.3, 0.4) is 0 Å². The monoisotopic (exact) mass is 358 g/mol. The molecule has 1 aliphatic heterocycles. The zero-order valence-corrected chi connectivity index (χ0v) is 15.2. The Labute approximate surface area is 158 Å². The van der Waals surface area contributed by atoms with Crippen LogP contribution in [0.1, 0.15) is 12.0 Å². The Morgan fingerprint density at radius 1 is 0.926 bits per heavy atom. The topological polar surface area (TPSA) is 49.6 Å². The van der Waals surface area contributed by atoms with Gasteiger partial charge in [-0.15, -0.1) is 10.2 Å². The van der Waals surface area contributed by atoms with Crippen molar-refractivity contribution in [3.8, 4) is 0 Å². The van der Waals surface area contributed by atoms with E-state index in [0.29, 0.717) is 0 Å². The van der Waals surface area contributed by atoms with Gasteiger partial charge in [0.1, 0.15) is 6.33 Å². The Hall–Kier alpha value is -2.99. The molecule has 0 unspecified atom stereocenters. The van der Waals surface area contributed by atoms with E-state index >= 15 is 0 Å². The van der Waals surface area contributed by atoms with Crippen molar-refractivity contribution in [2.75, 3.05) is 31.1 Å². The van der Waals surface area contributed by atoms with Gasteiger partial charge in [-0.3, -0.25) is 9.30 Å². The Balaban J connectivity index is 1.31. The molecular weight excluding hydrogens is 336 g/mol. The molecule has 0 radical (unpaired) electrons. The van der Waals surface area contributed by atoms with Gasteiger partial charge in [-0.05, 0) is 28.8 Å². The molecule has 0 spiro atoms. The lowest BCUT2D eigenvalue weighted by Crippen LogP contribution is -2.31. The number of benzene rings is 2. The highest BCUT2D eigenvalue weighted by atomic mass is 15.3. The molecule has 27 heavy (non-hydrogen) atoms. The molecule has 1 saturated heterocycles. The molecule has 0 amide bonds. The van der Waals surface area contributed by atoms with E-state index < -0.39 is 0 Å². The van der Waals surface area contributed by atoms with Crippen LogP contribution in [0, 0.1) is 0 Å². The van der Waals surface area contributed by atoms with Gasteiger partial charge in [0.05, 0.1) is 0 Å². The molecule has 2 aromatic carbocycles. The van der Waals surface area contributed by atoms with Crippen LogP contribution in [0.15, 0.2) is 61.2 Å². The fraction of sp³-hybridized carbons (Fsp3) is 0.286. The molecule has 0 N–H and O–H groups in total. The van der Waals surface area contributed by atoms with Gasteiger partial charge in [0, 0.05) is 45.1 Å². The summed E-state index contributed by atoms with van der Waals surface area (Å²) >= 11 is 0. The lowest BCUT2D eigenvalue weighted by molar-refractivity contribution is 0.285. The summed E-state index contributed by atoms with van der Waals surface area (Å²) < 4.78 is 1.93. The third kappa shape index (κ3) is 3.24. The van der Waals surface area contributed by atoms with E-state index in [1.807, 2.05) is 16.8 Å². The molecule has 6 heteroatoms. The predicted molar refractivity (Wildman–Crippen MR) is 107 cm³/mol. The van der Waals surface area contributed by atoms with E-state index in [0.717, 1.165) is 50.6 Å². The van der Waals surface area contributed by atoms with Crippen LogP contribution in [0.4, 0.5) is 5.82 Å². The maximum atomic E-state index is 4.57. The van der Waals surface area contributed by atoms with Gasteiger partial charge < -0.3 is 4.90 Å². The van der Waals surface area contributed by atoms with E-state index in [9.17, 15) is 0 Å². The van der Waals surface area contributed by atoms with Crippen molar-refractivity contribution in [2.45, 2.75) is 13.0 Å². The van der Waals surface area contributed by atoms with Crippen molar-refractivity contribution in [3.05, 3.63) is 66.7 Å². The van der Waals surface area contributed by atoms with E-state index in [4.69, 9.17) is 0 Å². The van der Waals surface area contributed by atoms with Crippen molar-refractivity contribution in [2.24, 2.45) is 0 Å². The van der Waals surface area contributed by atoms with Gasteiger partial charge in [-0.25, -0.2) is 4.98 Å². The molecule has 0 saturated carbocycles. The Kier molecular flexibility index (Phi) is 4.18. The summed E-state index contributed by atoms with van der Waals surface area (Å²) in [5.74, 6) is 0.933. The predicted octanol–water partition coefficient (Wildman–Crippen LogP) is 2.99. The average molecular weight is 358 g/mol. The Bertz CT molecular complexity index is 1070.